The van der Waals surface area contributed by atoms with Crippen molar-refractivity contribution in [2.45, 2.75) is 12.0 Å². The SMILES string of the molecule is C=CCC1(C=C)CNCCO1.Cl. The van der Waals surface area contributed by atoms with Crippen molar-refractivity contribution in [2.24, 2.45) is 0 Å². The van der Waals surface area contributed by atoms with Crippen LogP contribution in [-0.2, 0) is 4.74 Å². The summed E-state index contributed by atoms with van der Waals surface area (Å²) in [5.41, 5.74) is -0.194. The largest absolute Gasteiger partial charge is 0.368 e. The Balaban J connectivity index is 0.00000121. The molecule has 1 saturated heterocycles. The molecule has 0 aromatic heterocycles. The van der Waals surface area contributed by atoms with Crippen LogP contribution >= 0.6 is 12.4 Å². The number of hydrogen-bond acceptors (Lipinski definition) is 2. The minimum Gasteiger partial charge on any atom is -0.368 e. The molecule has 1 N–H and O–H groups in total. The lowest BCUT2D eigenvalue weighted by Gasteiger charge is -2.34. The van der Waals surface area contributed by atoms with Crippen LogP contribution < -0.4 is 5.32 Å². The lowest BCUT2D eigenvalue weighted by molar-refractivity contribution is -0.0278. The molecule has 2 nitrogen and oxygen atoms in total. The third-order valence-electron chi connectivity index (χ3n) is 1.95. The van der Waals surface area contributed by atoms with Gasteiger partial charge in [0.15, 0.2) is 0 Å². The van der Waals surface area contributed by atoms with Gasteiger partial charge < -0.3 is 10.1 Å². The van der Waals surface area contributed by atoms with Crippen molar-refractivity contribution in [1.29, 1.82) is 0 Å². The highest BCUT2D eigenvalue weighted by atomic mass is 35.5. The Morgan fingerprint density at radius 2 is 2.25 bits per heavy atom. The number of halogens is 1. The molecule has 70 valence electrons. The zero-order chi connectivity index (χ0) is 8.16. The average Bonchev–Trinajstić information content (AvgIpc) is 2.07. The molecule has 1 rings (SSSR count). The fraction of sp³-hybridized carbons (Fsp3) is 0.556. The van der Waals surface area contributed by atoms with Crippen molar-refractivity contribution >= 4 is 12.4 Å². The topological polar surface area (TPSA) is 21.3 Å². The first-order valence-electron chi connectivity index (χ1n) is 3.92. The van der Waals surface area contributed by atoms with E-state index in [0.717, 1.165) is 26.1 Å². The number of ether oxygens (including phenoxy) is 1. The Labute approximate surface area is 80.1 Å². The summed E-state index contributed by atoms with van der Waals surface area (Å²) in [6, 6.07) is 0. The van der Waals surface area contributed by atoms with Crippen molar-refractivity contribution in [1.82, 2.24) is 5.32 Å². The fourth-order valence-corrected chi connectivity index (χ4v) is 1.27. The van der Waals surface area contributed by atoms with Gasteiger partial charge in [-0.3, -0.25) is 0 Å². The van der Waals surface area contributed by atoms with E-state index in [-0.39, 0.29) is 18.0 Å². The molecular weight excluding hydrogens is 174 g/mol. The van der Waals surface area contributed by atoms with E-state index >= 15 is 0 Å². The van der Waals surface area contributed by atoms with Crippen molar-refractivity contribution in [3.05, 3.63) is 25.3 Å². The lowest BCUT2D eigenvalue weighted by atomic mass is 9.98. The number of rotatable bonds is 3. The Morgan fingerprint density at radius 3 is 2.67 bits per heavy atom. The van der Waals surface area contributed by atoms with Gasteiger partial charge in [0.1, 0.15) is 5.60 Å². The fourth-order valence-electron chi connectivity index (χ4n) is 1.27. The first kappa shape index (κ1) is 11.7. The van der Waals surface area contributed by atoms with Gasteiger partial charge in [-0.2, -0.15) is 0 Å². The van der Waals surface area contributed by atoms with Crippen LogP contribution in [0, 0.1) is 0 Å². The summed E-state index contributed by atoms with van der Waals surface area (Å²) in [5, 5.41) is 3.27. The summed E-state index contributed by atoms with van der Waals surface area (Å²) in [4.78, 5) is 0. The molecule has 0 aromatic rings. The normalized spacial score (nSPS) is 28.7. The zero-order valence-electron chi connectivity index (χ0n) is 7.21. The number of hydrogen-bond donors (Lipinski definition) is 1. The minimum absolute atomic E-state index is 0. The Kier molecular flexibility index (Phi) is 5.22. The van der Waals surface area contributed by atoms with Crippen LogP contribution in [0.4, 0.5) is 0 Å². The van der Waals surface area contributed by atoms with E-state index in [9.17, 15) is 0 Å². The van der Waals surface area contributed by atoms with Gasteiger partial charge in [-0.25, -0.2) is 0 Å². The molecule has 1 aliphatic rings. The van der Waals surface area contributed by atoms with E-state index in [4.69, 9.17) is 4.74 Å². The van der Waals surface area contributed by atoms with Crippen molar-refractivity contribution in [2.75, 3.05) is 19.7 Å². The van der Waals surface area contributed by atoms with Gasteiger partial charge in [0.25, 0.3) is 0 Å². The van der Waals surface area contributed by atoms with Crippen molar-refractivity contribution in [3.63, 3.8) is 0 Å². The Hall–Kier alpha value is -0.310. The van der Waals surface area contributed by atoms with E-state index in [1.165, 1.54) is 0 Å². The van der Waals surface area contributed by atoms with Crippen LogP contribution in [0.3, 0.4) is 0 Å². The molecular formula is C9H16ClNO. The molecule has 0 saturated carbocycles. The van der Waals surface area contributed by atoms with Crippen LogP contribution in [0.1, 0.15) is 6.42 Å². The molecule has 1 heterocycles. The third-order valence-corrected chi connectivity index (χ3v) is 1.95. The highest BCUT2D eigenvalue weighted by Crippen LogP contribution is 2.19. The first-order chi connectivity index (χ1) is 5.33. The van der Waals surface area contributed by atoms with E-state index in [0.29, 0.717) is 0 Å². The molecule has 3 heteroatoms. The van der Waals surface area contributed by atoms with E-state index in [1.54, 1.807) is 0 Å². The molecule has 1 unspecified atom stereocenters. The maximum atomic E-state index is 5.60. The van der Waals surface area contributed by atoms with Gasteiger partial charge in [-0.1, -0.05) is 12.2 Å². The Bertz CT molecular complexity index is 153. The predicted molar refractivity (Wildman–Crippen MR) is 53.8 cm³/mol. The molecule has 1 atom stereocenters. The second-order valence-corrected chi connectivity index (χ2v) is 2.79. The second-order valence-electron chi connectivity index (χ2n) is 2.79. The van der Waals surface area contributed by atoms with Gasteiger partial charge in [0.05, 0.1) is 6.61 Å². The monoisotopic (exact) mass is 189 g/mol. The molecule has 1 aliphatic heterocycles. The van der Waals surface area contributed by atoms with Crippen molar-refractivity contribution < 1.29 is 4.74 Å². The van der Waals surface area contributed by atoms with Crippen LogP contribution in [0.15, 0.2) is 25.3 Å². The molecule has 0 amide bonds. The minimum atomic E-state index is -0.194. The van der Waals surface area contributed by atoms with Crippen molar-refractivity contribution in [3.8, 4) is 0 Å². The molecule has 0 radical (unpaired) electrons. The van der Waals surface area contributed by atoms with Gasteiger partial charge in [-0.05, 0) is 6.42 Å². The highest BCUT2D eigenvalue weighted by Gasteiger charge is 2.27. The maximum absolute atomic E-state index is 5.60. The van der Waals surface area contributed by atoms with E-state index in [2.05, 4.69) is 18.5 Å². The quantitative estimate of drug-likeness (QED) is 0.680. The smallest absolute Gasteiger partial charge is 0.102 e. The van der Waals surface area contributed by atoms with Gasteiger partial charge >= 0.3 is 0 Å². The predicted octanol–water partition coefficient (Wildman–Crippen LogP) is 1.53. The van der Waals surface area contributed by atoms with Gasteiger partial charge in [0, 0.05) is 13.1 Å². The Morgan fingerprint density at radius 1 is 1.50 bits per heavy atom. The van der Waals surface area contributed by atoms with E-state index < -0.39 is 0 Å². The highest BCUT2D eigenvalue weighted by molar-refractivity contribution is 5.85. The lowest BCUT2D eigenvalue weighted by Crippen LogP contribution is -2.47. The van der Waals surface area contributed by atoms with Gasteiger partial charge in [-0.15, -0.1) is 25.6 Å². The molecule has 0 spiro atoms. The third kappa shape index (κ3) is 2.63. The van der Waals surface area contributed by atoms with Crippen LogP contribution in [-0.4, -0.2) is 25.3 Å². The summed E-state index contributed by atoms with van der Waals surface area (Å²) >= 11 is 0. The molecule has 1 fully saturated rings. The summed E-state index contributed by atoms with van der Waals surface area (Å²) in [7, 11) is 0. The summed E-state index contributed by atoms with van der Waals surface area (Å²) < 4.78 is 5.60. The molecule has 0 aromatic carbocycles. The van der Waals surface area contributed by atoms with Crippen LogP contribution in [0.5, 0.6) is 0 Å². The molecule has 0 bridgehead atoms. The summed E-state index contributed by atoms with van der Waals surface area (Å²) in [5.74, 6) is 0. The average molecular weight is 190 g/mol. The second kappa shape index (κ2) is 5.36. The number of morpholine rings is 1. The first-order valence-corrected chi connectivity index (χ1v) is 3.92. The molecule has 12 heavy (non-hydrogen) atoms. The van der Waals surface area contributed by atoms with Crippen LogP contribution in [0.2, 0.25) is 0 Å². The van der Waals surface area contributed by atoms with E-state index in [1.807, 2.05) is 12.2 Å². The summed E-state index contributed by atoms with van der Waals surface area (Å²) in [6.07, 6.45) is 4.57. The zero-order valence-corrected chi connectivity index (χ0v) is 8.03. The molecule has 0 aliphatic carbocycles. The maximum Gasteiger partial charge on any atom is 0.102 e. The standard InChI is InChI=1S/C9H15NO.ClH/c1-3-5-9(4-2)8-10-6-7-11-9;/h3-4,10H,1-2,5-8H2;1H. The van der Waals surface area contributed by atoms with Crippen LogP contribution in [0.25, 0.3) is 0 Å². The summed E-state index contributed by atoms with van der Waals surface area (Å²) in [6.45, 7) is 10.0. The number of nitrogens with one attached hydrogen (secondary N) is 1. The van der Waals surface area contributed by atoms with Gasteiger partial charge in [0.2, 0.25) is 0 Å².